The van der Waals surface area contributed by atoms with Gasteiger partial charge in [-0.25, -0.2) is 0 Å². The zero-order valence-corrected chi connectivity index (χ0v) is 13.3. The van der Waals surface area contributed by atoms with Gasteiger partial charge in [-0.1, -0.05) is 50.1 Å². The molecule has 0 radical (unpaired) electrons. The molecule has 3 rings (SSSR count). The van der Waals surface area contributed by atoms with Gasteiger partial charge in [0.15, 0.2) is 0 Å². The molecule has 4 heteroatoms. The molecule has 0 aromatic heterocycles. The molecule has 2 nitrogen and oxygen atoms in total. The standard InChI is InChI=1S/C15H13Br2NO/c16-9-5-6-14-11(7-9)13(18)8-15(19-14)10-3-1-2-4-12(10)17/h1-7,13,15H,8,18H2/t13-,15?/m0/s1. The third kappa shape index (κ3) is 2.57. The summed E-state index contributed by atoms with van der Waals surface area (Å²) >= 11 is 7.05. The van der Waals surface area contributed by atoms with Crippen LogP contribution in [0.3, 0.4) is 0 Å². The number of fused-ring (bicyclic) bond motifs is 1. The van der Waals surface area contributed by atoms with Crippen LogP contribution in [-0.4, -0.2) is 0 Å². The summed E-state index contributed by atoms with van der Waals surface area (Å²) in [4.78, 5) is 0. The lowest BCUT2D eigenvalue weighted by Crippen LogP contribution is -2.24. The van der Waals surface area contributed by atoms with Gasteiger partial charge >= 0.3 is 0 Å². The van der Waals surface area contributed by atoms with E-state index >= 15 is 0 Å². The minimum atomic E-state index is -0.00152. The molecule has 0 saturated heterocycles. The van der Waals surface area contributed by atoms with Crippen LogP contribution in [0.5, 0.6) is 5.75 Å². The van der Waals surface area contributed by atoms with Crippen molar-refractivity contribution in [2.45, 2.75) is 18.6 Å². The van der Waals surface area contributed by atoms with Crippen LogP contribution in [0.1, 0.15) is 29.7 Å². The number of hydrogen-bond donors (Lipinski definition) is 1. The Morgan fingerprint density at radius 2 is 1.84 bits per heavy atom. The highest BCUT2D eigenvalue weighted by Gasteiger charge is 2.28. The first-order chi connectivity index (χ1) is 9.15. The van der Waals surface area contributed by atoms with Gasteiger partial charge in [-0.3, -0.25) is 0 Å². The monoisotopic (exact) mass is 381 g/mol. The zero-order chi connectivity index (χ0) is 13.4. The second-order valence-electron chi connectivity index (χ2n) is 4.65. The van der Waals surface area contributed by atoms with Crippen LogP contribution in [0.15, 0.2) is 51.4 Å². The number of halogens is 2. The average Bonchev–Trinajstić information content (AvgIpc) is 2.40. The van der Waals surface area contributed by atoms with Crippen molar-refractivity contribution >= 4 is 31.9 Å². The lowest BCUT2D eigenvalue weighted by atomic mass is 9.94. The molecular weight excluding hydrogens is 370 g/mol. The number of rotatable bonds is 1. The van der Waals surface area contributed by atoms with E-state index in [0.717, 1.165) is 32.2 Å². The fourth-order valence-corrected chi connectivity index (χ4v) is 3.32. The zero-order valence-electron chi connectivity index (χ0n) is 10.1. The Bertz CT molecular complexity index is 615. The summed E-state index contributed by atoms with van der Waals surface area (Å²) in [6, 6.07) is 14.1. The van der Waals surface area contributed by atoms with E-state index in [1.54, 1.807) is 0 Å². The van der Waals surface area contributed by atoms with E-state index < -0.39 is 0 Å². The van der Waals surface area contributed by atoms with Gasteiger partial charge in [-0.2, -0.15) is 0 Å². The van der Waals surface area contributed by atoms with Crippen LogP contribution in [0.4, 0.5) is 0 Å². The summed E-state index contributed by atoms with van der Waals surface area (Å²) in [6.07, 6.45) is 0.783. The maximum Gasteiger partial charge on any atom is 0.127 e. The molecule has 1 unspecified atom stereocenters. The lowest BCUT2D eigenvalue weighted by Gasteiger charge is -2.31. The van der Waals surface area contributed by atoms with Crippen molar-refractivity contribution in [3.63, 3.8) is 0 Å². The van der Waals surface area contributed by atoms with E-state index in [-0.39, 0.29) is 12.1 Å². The summed E-state index contributed by atoms with van der Waals surface area (Å²) in [6.45, 7) is 0. The van der Waals surface area contributed by atoms with Gasteiger partial charge in [-0.15, -0.1) is 0 Å². The average molecular weight is 383 g/mol. The Balaban J connectivity index is 1.97. The highest BCUT2D eigenvalue weighted by atomic mass is 79.9. The maximum atomic E-state index is 6.28. The Kier molecular flexibility index (Phi) is 3.65. The van der Waals surface area contributed by atoms with E-state index in [1.165, 1.54) is 0 Å². The molecule has 0 fully saturated rings. The van der Waals surface area contributed by atoms with E-state index in [4.69, 9.17) is 10.5 Å². The largest absolute Gasteiger partial charge is 0.485 e. The van der Waals surface area contributed by atoms with Crippen molar-refractivity contribution in [3.8, 4) is 5.75 Å². The summed E-state index contributed by atoms with van der Waals surface area (Å²) in [7, 11) is 0. The molecule has 1 aliphatic rings. The summed E-state index contributed by atoms with van der Waals surface area (Å²) < 4.78 is 8.19. The second-order valence-corrected chi connectivity index (χ2v) is 6.42. The fourth-order valence-electron chi connectivity index (χ4n) is 2.40. The van der Waals surface area contributed by atoms with Gasteiger partial charge in [0.25, 0.3) is 0 Å². The highest BCUT2D eigenvalue weighted by Crippen LogP contribution is 2.42. The molecule has 2 aromatic rings. The molecule has 19 heavy (non-hydrogen) atoms. The number of nitrogens with two attached hydrogens (primary N) is 1. The van der Waals surface area contributed by atoms with Crippen LogP contribution >= 0.6 is 31.9 Å². The summed E-state index contributed by atoms with van der Waals surface area (Å²) in [5, 5.41) is 0. The third-order valence-corrected chi connectivity index (χ3v) is 4.58. The Hall–Kier alpha value is -0.840. The van der Waals surface area contributed by atoms with Crippen molar-refractivity contribution < 1.29 is 4.74 Å². The Morgan fingerprint density at radius 3 is 2.63 bits per heavy atom. The lowest BCUT2D eigenvalue weighted by molar-refractivity contribution is 0.161. The van der Waals surface area contributed by atoms with Crippen molar-refractivity contribution in [2.24, 2.45) is 5.73 Å². The molecular formula is C15H13Br2NO. The van der Waals surface area contributed by atoms with E-state index in [0.29, 0.717) is 0 Å². The molecule has 0 bridgehead atoms. The third-order valence-electron chi connectivity index (χ3n) is 3.36. The van der Waals surface area contributed by atoms with E-state index in [9.17, 15) is 0 Å². The molecule has 2 atom stereocenters. The molecule has 0 aliphatic carbocycles. The molecule has 98 valence electrons. The predicted octanol–water partition coefficient (Wildman–Crippen LogP) is 4.74. The van der Waals surface area contributed by atoms with Crippen molar-refractivity contribution in [1.29, 1.82) is 0 Å². The molecule has 1 heterocycles. The minimum Gasteiger partial charge on any atom is -0.485 e. The minimum absolute atomic E-state index is 0.000694. The first-order valence-electron chi connectivity index (χ1n) is 6.11. The first-order valence-corrected chi connectivity index (χ1v) is 7.70. The topological polar surface area (TPSA) is 35.2 Å². The highest BCUT2D eigenvalue weighted by molar-refractivity contribution is 9.10. The van der Waals surface area contributed by atoms with Crippen LogP contribution in [0.25, 0.3) is 0 Å². The fraction of sp³-hybridized carbons (Fsp3) is 0.200. The summed E-state index contributed by atoms with van der Waals surface area (Å²) in [5.74, 6) is 0.878. The van der Waals surface area contributed by atoms with Crippen LogP contribution in [0, 0.1) is 0 Å². The normalized spacial score (nSPS) is 21.6. The quantitative estimate of drug-likeness (QED) is 0.773. The van der Waals surface area contributed by atoms with Crippen molar-refractivity contribution in [2.75, 3.05) is 0 Å². The van der Waals surface area contributed by atoms with Gasteiger partial charge in [-0.05, 0) is 24.3 Å². The maximum absolute atomic E-state index is 6.28. The van der Waals surface area contributed by atoms with Gasteiger partial charge in [0.2, 0.25) is 0 Å². The van der Waals surface area contributed by atoms with Gasteiger partial charge < -0.3 is 10.5 Å². The number of hydrogen-bond acceptors (Lipinski definition) is 2. The van der Waals surface area contributed by atoms with Crippen molar-refractivity contribution in [1.82, 2.24) is 0 Å². The molecule has 0 spiro atoms. The van der Waals surface area contributed by atoms with Crippen LogP contribution < -0.4 is 10.5 Å². The second kappa shape index (κ2) is 5.27. The van der Waals surface area contributed by atoms with Crippen molar-refractivity contribution in [3.05, 3.63) is 62.5 Å². The van der Waals surface area contributed by atoms with E-state index in [1.807, 2.05) is 36.4 Å². The van der Waals surface area contributed by atoms with Crippen LogP contribution in [0.2, 0.25) is 0 Å². The van der Waals surface area contributed by atoms with Crippen LogP contribution in [-0.2, 0) is 0 Å². The SMILES string of the molecule is N[C@H]1CC(c2ccccc2Br)Oc2ccc(Br)cc21. The molecule has 0 amide bonds. The van der Waals surface area contributed by atoms with Gasteiger partial charge in [0.1, 0.15) is 11.9 Å². The van der Waals surface area contributed by atoms with Gasteiger partial charge in [0.05, 0.1) is 0 Å². The number of benzene rings is 2. The predicted molar refractivity (Wildman–Crippen MR) is 83.2 cm³/mol. The molecule has 2 aromatic carbocycles. The van der Waals surface area contributed by atoms with E-state index in [2.05, 4.69) is 37.9 Å². The molecule has 2 N–H and O–H groups in total. The smallest absolute Gasteiger partial charge is 0.127 e. The number of ether oxygens (including phenoxy) is 1. The molecule has 0 saturated carbocycles. The Labute approximate surface area is 129 Å². The summed E-state index contributed by atoms with van der Waals surface area (Å²) in [5.41, 5.74) is 8.49. The van der Waals surface area contributed by atoms with Gasteiger partial charge in [0, 0.05) is 32.5 Å². The molecule has 1 aliphatic heterocycles. The first kappa shape index (κ1) is 13.2. The Morgan fingerprint density at radius 1 is 1.05 bits per heavy atom.